The van der Waals surface area contributed by atoms with Crippen molar-refractivity contribution < 1.29 is 19.1 Å². The molecule has 4 rings (SSSR count). The van der Waals surface area contributed by atoms with E-state index in [9.17, 15) is 9.59 Å². The second kappa shape index (κ2) is 7.68. The van der Waals surface area contributed by atoms with Gasteiger partial charge >= 0.3 is 5.97 Å². The molecule has 0 N–H and O–H groups in total. The fraction of sp³-hybridized carbons (Fsp3) is 0.450. The van der Waals surface area contributed by atoms with E-state index in [2.05, 4.69) is 11.1 Å². The molecule has 1 saturated heterocycles. The number of esters is 1. The number of rotatable bonds is 4. The Bertz CT molecular complexity index is 863. The largest absolute Gasteiger partial charge is 0.493 e. The molecule has 27 heavy (non-hydrogen) atoms. The first-order valence-corrected chi connectivity index (χ1v) is 10.2. The van der Waals surface area contributed by atoms with E-state index in [4.69, 9.17) is 9.47 Å². The monoisotopic (exact) mass is 386 g/mol. The van der Waals surface area contributed by atoms with Crippen molar-refractivity contribution in [2.75, 3.05) is 26.3 Å². The van der Waals surface area contributed by atoms with Gasteiger partial charge in [0, 0.05) is 30.5 Å². The van der Waals surface area contributed by atoms with Gasteiger partial charge in [0.2, 0.25) is 0 Å². The van der Waals surface area contributed by atoms with Crippen LogP contribution in [0.25, 0.3) is 10.6 Å². The van der Waals surface area contributed by atoms with Gasteiger partial charge in [-0.1, -0.05) is 0 Å². The lowest BCUT2D eigenvalue weighted by Gasteiger charge is -2.31. The Morgan fingerprint density at radius 2 is 2.30 bits per heavy atom. The summed E-state index contributed by atoms with van der Waals surface area (Å²) in [5.41, 5.74) is 2.63. The number of likely N-dealkylation sites (tertiary alicyclic amines) is 1. The highest BCUT2D eigenvalue weighted by molar-refractivity contribution is 7.13. The molecule has 0 unspecified atom stereocenters. The van der Waals surface area contributed by atoms with Gasteiger partial charge in [-0.15, -0.1) is 11.3 Å². The zero-order chi connectivity index (χ0) is 18.8. The molecule has 0 spiro atoms. The van der Waals surface area contributed by atoms with E-state index in [0.29, 0.717) is 25.4 Å². The van der Waals surface area contributed by atoms with Crippen LogP contribution in [0.4, 0.5) is 0 Å². The van der Waals surface area contributed by atoms with E-state index in [-0.39, 0.29) is 17.8 Å². The minimum atomic E-state index is -0.238. The maximum Gasteiger partial charge on any atom is 0.310 e. The van der Waals surface area contributed by atoms with Crippen molar-refractivity contribution in [3.05, 3.63) is 34.8 Å². The molecule has 1 fully saturated rings. The molecule has 0 saturated carbocycles. The predicted molar refractivity (Wildman–Crippen MR) is 102 cm³/mol. The molecule has 6 nitrogen and oxygen atoms in total. The van der Waals surface area contributed by atoms with Crippen LogP contribution < -0.4 is 4.74 Å². The Morgan fingerprint density at radius 1 is 1.41 bits per heavy atom. The third-order valence-electron chi connectivity index (χ3n) is 4.99. The number of nitrogens with zero attached hydrogens (tertiary/aromatic N) is 2. The first kappa shape index (κ1) is 18.0. The van der Waals surface area contributed by atoms with E-state index in [0.717, 1.165) is 42.2 Å². The van der Waals surface area contributed by atoms with Crippen molar-refractivity contribution in [2.45, 2.75) is 26.2 Å². The van der Waals surface area contributed by atoms with Crippen LogP contribution in [-0.2, 0) is 16.0 Å². The average Bonchev–Trinajstić information content (AvgIpc) is 3.36. The molecule has 142 valence electrons. The minimum absolute atomic E-state index is 0.115. The number of ether oxygens (including phenoxy) is 2. The fourth-order valence-electron chi connectivity index (χ4n) is 3.60. The number of amides is 1. The van der Waals surface area contributed by atoms with Gasteiger partial charge in [-0.05, 0) is 43.5 Å². The van der Waals surface area contributed by atoms with E-state index < -0.39 is 0 Å². The number of aromatic nitrogens is 1. The van der Waals surface area contributed by atoms with Gasteiger partial charge in [-0.3, -0.25) is 9.59 Å². The van der Waals surface area contributed by atoms with E-state index in [1.807, 2.05) is 12.1 Å². The molecule has 0 bridgehead atoms. The van der Waals surface area contributed by atoms with Gasteiger partial charge in [0.15, 0.2) is 0 Å². The van der Waals surface area contributed by atoms with Gasteiger partial charge in [0.05, 0.1) is 19.1 Å². The molecule has 1 amide bonds. The van der Waals surface area contributed by atoms with Crippen LogP contribution in [0.5, 0.6) is 5.75 Å². The third-order valence-corrected chi connectivity index (χ3v) is 5.88. The van der Waals surface area contributed by atoms with E-state index in [1.54, 1.807) is 17.2 Å². The Labute approximate surface area is 162 Å². The van der Waals surface area contributed by atoms with Crippen molar-refractivity contribution in [3.63, 3.8) is 0 Å². The second-order valence-electron chi connectivity index (χ2n) is 6.80. The number of carbonyl (C=O) groups excluding carboxylic acids is 2. The Morgan fingerprint density at radius 3 is 3.15 bits per heavy atom. The predicted octanol–water partition coefficient (Wildman–Crippen LogP) is 3.16. The molecule has 1 atom stereocenters. The van der Waals surface area contributed by atoms with Crippen LogP contribution >= 0.6 is 11.3 Å². The minimum Gasteiger partial charge on any atom is -0.493 e. The maximum atomic E-state index is 12.9. The number of benzene rings is 1. The highest BCUT2D eigenvalue weighted by atomic mass is 32.1. The number of thiazole rings is 1. The summed E-state index contributed by atoms with van der Waals surface area (Å²) >= 11 is 1.46. The molecule has 2 aliphatic heterocycles. The Kier molecular flexibility index (Phi) is 5.11. The van der Waals surface area contributed by atoms with Crippen molar-refractivity contribution in [1.82, 2.24) is 9.88 Å². The van der Waals surface area contributed by atoms with E-state index >= 15 is 0 Å². The summed E-state index contributed by atoms with van der Waals surface area (Å²) in [7, 11) is 0. The molecule has 1 aromatic carbocycles. The molecule has 7 heteroatoms. The van der Waals surface area contributed by atoms with Gasteiger partial charge in [-0.2, -0.15) is 0 Å². The summed E-state index contributed by atoms with van der Waals surface area (Å²) < 4.78 is 10.7. The molecule has 0 aliphatic carbocycles. The first-order chi connectivity index (χ1) is 13.2. The summed E-state index contributed by atoms with van der Waals surface area (Å²) in [6.45, 7) is 3.94. The molecular formula is C20H22N2O4S. The van der Waals surface area contributed by atoms with Crippen LogP contribution in [0, 0.1) is 5.92 Å². The van der Waals surface area contributed by atoms with Gasteiger partial charge in [0.1, 0.15) is 16.5 Å². The molecule has 3 heterocycles. The number of hydrogen-bond donors (Lipinski definition) is 0. The highest BCUT2D eigenvalue weighted by Gasteiger charge is 2.30. The molecule has 1 aromatic heterocycles. The Hall–Kier alpha value is -2.41. The third kappa shape index (κ3) is 3.69. The average molecular weight is 386 g/mol. The Balaban J connectivity index is 1.48. The number of carbonyl (C=O) groups is 2. The maximum absolute atomic E-state index is 12.9. The first-order valence-electron chi connectivity index (χ1n) is 9.33. The van der Waals surface area contributed by atoms with Crippen LogP contribution in [0.2, 0.25) is 0 Å². The van der Waals surface area contributed by atoms with Crippen molar-refractivity contribution in [1.29, 1.82) is 0 Å². The molecule has 0 radical (unpaired) electrons. The zero-order valence-corrected chi connectivity index (χ0v) is 16.1. The van der Waals surface area contributed by atoms with Crippen LogP contribution in [0.1, 0.15) is 35.8 Å². The lowest BCUT2D eigenvalue weighted by atomic mass is 9.98. The van der Waals surface area contributed by atoms with Crippen LogP contribution in [0.3, 0.4) is 0 Å². The summed E-state index contributed by atoms with van der Waals surface area (Å²) in [6.07, 6.45) is 2.47. The molecule has 2 aromatic rings. The zero-order valence-electron chi connectivity index (χ0n) is 15.3. The number of piperidine rings is 1. The van der Waals surface area contributed by atoms with Gasteiger partial charge in [-0.25, -0.2) is 4.98 Å². The topological polar surface area (TPSA) is 68.7 Å². The highest BCUT2D eigenvalue weighted by Crippen LogP contribution is 2.32. The van der Waals surface area contributed by atoms with E-state index in [1.165, 1.54) is 16.9 Å². The smallest absolute Gasteiger partial charge is 0.310 e. The standard InChI is InChI=1S/C20H22N2O4S/c1-2-25-20(24)15-4-3-8-22(11-15)19(23)16-12-27-18(21-16)14-5-6-17-13(10-14)7-9-26-17/h5-6,10,12,15H,2-4,7-9,11H2,1H3/t15-/m1/s1. The normalized spacial score (nSPS) is 18.7. The summed E-state index contributed by atoms with van der Waals surface area (Å²) in [5.74, 6) is 0.368. The SMILES string of the molecule is CCOC(=O)[C@@H]1CCCN(C(=O)c2csc(-c3ccc4c(c3)CCO4)n2)C1. The second-order valence-corrected chi connectivity index (χ2v) is 7.66. The lowest BCUT2D eigenvalue weighted by molar-refractivity contribution is -0.149. The van der Waals surface area contributed by atoms with Gasteiger partial charge < -0.3 is 14.4 Å². The summed E-state index contributed by atoms with van der Waals surface area (Å²) in [6, 6.07) is 6.04. The molecule has 2 aliphatic rings. The number of hydrogen-bond acceptors (Lipinski definition) is 6. The quantitative estimate of drug-likeness (QED) is 0.755. The van der Waals surface area contributed by atoms with Crippen molar-refractivity contribution >= 4 is 23.2 Å². The van der Waals surface area contributed by atoms with Crippen molar-refractivity contribution in [2.24, 2.45) is 5.92 Å². The van der Waals surface area contributed by atoms with Crippen molar-refractivity contribution in [3.8, 4) is 16.3 Å². The summed E-state index contributed by atoms with van der Waals surface area (Å²) in [5, 5.41) is 2.63. The van der Waals surface area contributed by atoms with Crippen LogP contribution in [-0.4, -0.2) is 48.1 Å². The van der Waals surface area contributed by atoms with Crippen LogP contribution in [0.15, 0.2) is 23.6 Å². The summed E-state index contributed by atoms with van der Waals surface area (Å²) in [4.78, 5) is 31.1. The van der Waals surface area contributed by atoms with Gasteiger partial charge in [0.25, 0.3) is 5.91 Å². The molecular weight excluding hydrogens is 364 g/mol. The fourth-order valence-corrected chi connectivity index (χ4v) is 4.39. The lowest BCUT2D eigenvalue weighted by Crippen LogP contribution is -2.42. The number of fused-ring (bicyclic) bond motifs is 1.